The van der Waals surface area contributed by atoms with Crippen LogP contribution in [0.15, 0.2) is 12.1 Å². The number of aliphatic hydroxyl groups is 1. The van der Waals surface area contributed by atoms with Crippen molar-refractivity contribution in [2.24, 2.45) is 0 Å². The van der Waals surface area contributed by atoms with Gasteiger partial charge in [-0.3, -0.25) is 9.59 Å². The lowest BCUT2D eigenvalue weighted by atomic mass is 9.93. The molecule has 1 aliphatic rings. The molecule has 0 spiro atoms. The smallest absolute Gasteiger partial charge is 0.274 e. The first-order chi connectivity index (χ1) is 11.3. The molecule has 24 heavy (non-hydrogen) atoms. The van der Waals surface area contributed by atoms with Gasteiger partial charge in [0.05, 0.1) is 13.1 Å². The Hall–Kier alpha value is -2.26. The highest BCUT2D eigenvalue weighted by molar-refractivity contribution is 5.93. The molecule has 2 heterocycles. The first kappa shape index (κ1) is 18.1. The first-order valence-corrected chi connectivity index (χ1v) is 7.81. The van der Waals surface area contributed by atoms with E-state index in [9.17, 15) is 14.7 Å². The lowest BCUT2D eigenvalue weighted by Gasteiger charge is -2.46. The molecule has 2 rings (SSSR count). The zero-order valence-corrected chi connectivity index (χ0v) is 14.0. The summed E-state index contributed by atoms with van der Waals surface area (Å²) in [5.41, 5.74) is 4.52. The predicted octanol–water partition coefficient (Wildman–Crippen LogP) is -1.30. The van der Waals surface area contributed by atoms with E-state index >= 15 is 0 Å². The van der Waals surface area contributed by atoms with Gasteiger partial charge >= 0.3 is 0 Å². The lowest BCUT2D eigenvalue weighted by Crippen LogP contribution is -2.67. The van der Waals surface area contributed by atoms with Crippen LogP contribution in [-0.4, -0.2) is 82.8 Å². The van der Waals surface area contributed by atoms with E-state index in [0.717, 1.165) is 13.0 Å². The molecule has 1 aromatic rings. The summed E-state index contributed by atoms with van der Waals surface area (Å²) < 4.78 is 0. The summed E-state index contributed by atoms with van der Waals surface area (Å²) in [6, 6.07) is 2.99. The Labute approximate surface area is 140 Å². The van der Waals surface area contributed by atoms with Crippen molar-refractivity contribution in [1.29, 1.82) is 0 Å². The number of nitrogens with zero attached hydrogens (tertiary/aromatic N) is 4. The molecular weight excluding hydrogens is 312 g/mol. The number of anilines is 1. The molecule has 0 bridgehead atoms. The Morgan fingerprint density at radius 2 is 2.08 bits per heavy atom. The average molecular weight is 336 g/mol. The zero-order valence-electron chi connectivity index (χ0n) is 14.0. The van der Waals surface area contributed by atoms with Crippen LogP contribution in [0, 0.1) is 0 Å². The third-order valence-corrected chi connectivity index (χ3v) is 3.79. The second kappa shape index (κ2) is 7.54. The second-order valence-electron chi connectivity index (χ2n) is 6.41. The largest absolute Gasteiger partial charge is 0.384 e. The van der Waals surface area contributed by atoms with Gasteiger partial charge in [-0.15, -0.1) is 10.2 Å². The van der Waals surface area contributed by atoms with Crippen molar-refractivity contribution >= 4 is 17.6 Å². The normalized spacial score (nSPS) is 15.9. The van der Waals surface area contributed by atoms with Gasteiger partial charge in [0.15, 0.2) is 5.69 Å². The standard InChI is InChI=1S/C15H24N6O3/c1-20(2)7-3-4-13(22)17-8-15(24)9-21(10-15)14(23)11-5-6-12(16)19-18-11/h5-6,24H,3-4,7-10H2,1-2H3,(H2,16,19)(H,17,22). The maximum Gasteiger partial charge on any atom is 0.274 e. The summed E-state index contributed by atoms with van der Waals surface area (Å²) in [7, 11) is 3.90. The number of amides is 2. The van der Waals surface area contributed by atoms with Gasteiger partial charge in [-0.1, -0.05) is 0 Å². The number of aromatic nitrogens is 2. The van der Waals surface area contributed by atoms with Crippen molar-refractivity contribution in [3.63, 3.8) is 0 Å². The fourth-order valence-electron chi connectivity index (χ4n) is 2.45. The van der Waals surface area contributed by atoms with Crippen LogP contribution < -0.4 is 11.1 Å². The number of carbonyl (C=O) groups is 2. The zero-order chi connectivity index (χ0) is 17.7. The molecule has 2 amide bonds. The second-order valence-corrected chi connectivity index (χ2v) is 6.41. The van der Waals surface area contributed by atoms with Gasteiger partial charge in [0.1, 0.15) is 11.4 Å². The predicted molar refractivity (Wildman–Crippen MR) is 88.1 cm³/mol. The van der Waals surface area contributed by atoms with Crippen molar-refractivity contribution in [2.45, 2.75) is 18.4 Å². The Bertz CT molecular complexity index is 583. The molecule has 0 unspecified atom stereocenters. The first-order valence-electron chi connectivity index (χ1n) is 7.81. The highest BCUT2D eigenvalue weighted by atomic mass is 16.3. The van der Waals surface area contributed by atoms with Gasteiger partial charge in [0, 0.05) is 13.0 Å². The van der Waals surface area contributed by atoms with Crippen molar-refractivity contribution in [3.8, 4) is 0 Å². The Kier molecular flexibility index (Phi) is 5.68. The number of likely N-dealkylation sites (tertiary alicyclic amines) is 1. The third kappa shape index (κ3) is 4.87. The summed E-state index contributed by atoms with van der Waals surface area (Å²) in [6.07, 6.45) is 1.18. The van der Waals surface area contributed by atoms with Crippen molar-refractivity contribution < 1.29 is 14.7 Å². The van der Waals surface area contributed by atoms with Crippen LogP contribution in [0.1, 0.15) is 23.3 Å². The number of hydrogen-bond donors (Lipinski definition) is 3. The summed E-state index contributed by atoms with van der Waals surface area (Å²) in [5, 5.41) is 20.4. The highest BCUT2D eigenvalue weighted by Crippen LogP contribution is 2.22. The minimum absolute atomic E-state index is 0.0977. The molecule has 132 valence electrons. The molecule has 0 atom stereocenters. The Morgan fingerprint density at radius 3 is 2.67 bits per heavy atom. The van der Waals surface area contributed by atoms with Gasteiger partial charge in [0.2, 0.25) is 5.91 Å². The maximum atomic E-state index is 12.1. The van der Waals surface area contributed by atoms with Gasteiger partial charge in [-0.2, -0.15) is 0 Å². The van der Waals surface area contributed by atoms with Crippen LogP contribution in [-0.2, 0) is 4.79 Å². The third-order valence-electron chi connectivity index (χ3n) is 3.79. The van der Waals surface area contributed by atoms with Crippen molar-refractivity contribution in [3.05, 3.63) is 17.8 Å². The summed E-state index contributed by atoms with van der Waals surface area (Å²) >= 11 is 0. The number of nitrogens with two attached hydrogens (primary N) is 1. The van der Waals surface area contributed by atoms with E-state index in [4.69, 9.17) is 5.73 Å². The van der Waals surface area contributed by atoms with Gasteiger partial charge in [0.25, 0.3) is 5.91 Å². The Balaban J connectivity index is 1.72. The fourth-order valence-corrected chi connectivity index (χ4v) is 2.45. The van der Waals surface area contributed by atoms with Gasteiger partial charge < -0.3 is 26.0 Å². The van der Waals surface area contributed by atoms with E-state index in [1.165, 1.54) is 17.0 Å². The van der Waals surface area contributed by atoms with Crippen LogP contribution in [0.3, 0.4) is 0 Å². The number of β-amino-alcohol motifs (C(OH)–C–C–N with tert-alkyl or cyclic N) is 1. The van der Waals surface area contributed by atoms with Crippen LogP contribution in [0.4, 0.5) is 5.82 Å². The van der Waals surface area contributed by atoms with Crippen LogP contribution in [0.25, 0.3) is 0 Å². The number of nitrogen functional groups attached to an aromatic ring is 1. The SMILES string of the molecule is CN(C)CCCC(=O)NCC1(O)CN(C(=O)c2ccc(N)nn2)C1. The van der Waals surface area contributed by atoms with E-state index in [1.54, 1.807) is 0 Å². The molecule has 1 saturated heterocycles. The molecule has 0 aromatic carbocycles. The molecule has 9 heteroatoms. The fraction of sp³-hybridized carbons (Fsp3) is 0.600. The van der Waals surface area contributed by atoms with E-state index in [-0.39, 0.29) is 43.0 Å². The summed E-state index contributed by atoms with van der Waals surface area (Å²) in [6.45, 7) is 1.26. The molecule has 4 N–H and O–H groups in total. The summed E-state index contributed by atoms with van der Waals surface area (Å²) in [5.74, 6) is -0.174. The number of carbonyl (C=O) groups excluding carboxylic acids is 2. The maximum absolute atomic E-state index is 12.1. The topological polar surface area (TPSA) is 125 Å². The van der Waals surface area contributed by atoms with Crippen LogP contribution >= 0.6 is 0 Å². The molecule has 0 saturated carbocycles. The molecule has 1 aromatic heterocycles. The minimum atomic E-state index is -1.09. The van der Waals surface area contributed by atoms with E-state index in [1.807, 2.05) is 19.0 Å². The molecule has 0 aliphatic carbocycles. The van der Waals surface area contributed by atoms with Gasteiger partial charge in [-0.05, 0) is 39.2 Å². The van der Waals surface area contributed by atoms with E-state index in [2.05, 4.69) is 15.5 Å². The van der Waals surface area contributed by atoms with Crippen molar-refractivity contribution in [1.82, 2.24) is 25.3 Å². The van der Waals surface area contributed by atoms with Crippen LogP contribution in [0.2, 0.25) is 0 Å². The average Bonchev–Trinajstić information content (AvgIpc) is 2.50. The summed E-state index contributed by atoms with van der Waals surface area (Å²) in [4.78, 5) is 27.3. The quantitative estimate of drug-likeness (QED) is 0.565. The molecular formula is C15H24N6O3. The molecule has 9 nitrogen and oxygen atoms in total. The lowest BCUT2D eigenvalue weighted by molar-refractivity contribution is -0.125. The number of hydrogen-bond acceptors (Lipinski definition) is 7. The van der Waals surface area contributed by atoms with E-state index < -0.39 is 5.60 Å². The Morgan fingerprint density at radius 1 is 1.38 bits per heavy atom. The highest BCUT2D eigenvalue weighted by Gasteiger charge is 2.44. The van der Waals surface area contributed by atoms with Crippen molar-refractivity contribution in [2.75, 3.05) is 46.0 Å². The number of rotatable bonds is 7. The van der Waals surface area contributed by atoms with Crippen LogP contribution in [0.5, 0.6) is 0 Å². The molecule has 1 fully saturated rings. The monoisotopic (exact) mass is 336 g/mol. The van der Waals surface area contributed by atoms with E-state index in [0.29, 0.717) is 6.42 Å². The molecule has 1 aliphatic heterocycles. The minimum Gasteiger partial charge on any atom is -0.384 e. The number of nitrogens with one attached hydrogen (secondary N) is 1. The van der Waals surface area contributed by atoms with Gasteiger partial charge in [-0.25, -0.2) is 0 Å². The molecule has 0 radical (unpaired) electrons.